The quantitative estimate of drug-likeness (QED) is 0.442. The van der Waals surface area contributed by atoms with Gasteiger partial charge in [0.15, 0.2) is 5.82 Å². The van der Waals surface area contributed by atoms with Crippen LogP contribution in [0, 0.1) is 24.4 Å². The highest BCUT2D eigenvalue weighted by Gasteiger charge is 2.24. The molecule has 11 heteroatoms. The fourth-order valence-corrected chi connectivity index (χ4v) is 3.88. The van der Waals surface area contributed by atoms with Crippen LogP contribution in [-0.2, 0) is 11.3 Å². The molecule has 8 nitrogen and oxygen atoms in total. The van der Waals surface area contributed by atoms with E-state index in [0.717, 1.165) is 37.0 Å². The average Bonchev–Trinajstić information content (AvgIpc) is 3.20. The van der Waals surface area contributed by atoms with E-state index in [1.54, 1.807) is 6.20 Å². The van der Waals surface area contributed by atoms with Crippen molar-refractivity contribution >= 4 is 11.6 Å². The molecule has 3 aromatic rings. The maximum Gasteiger partial charge on any atom is 0.228 e. The van der Waals surface area contributed by atoms with Gasteiger partial charge in [-0.15, -0.1) is 0 Å². The van der Waals surface area contributed by atoms with Crippen molar-refractivity contribution in [3.05, 3.63) is 53.4 Å². The summed E-state index contributed by atoms with van der Waals surface area (Å²) in [6.45, 7) is 3.27. The average molecular weight is 462 g/mol. The normalized spacial score (nSPS) is 14.6. The van der Waals surface area contributed by atoms with Crippen molar-refractivity contribution in [1.82, 2.24) is 24.8 Å². The molecule has 0 atom stereocenters. The Hall–Kier alpha value is -3.02. The van der Waals surface area contributed by atoms with Crippen molar-refractivity contribution in [1.29, 1.82) is 0 Å². The monoisotopic (exact) mass is 462 g/mol. The summed E-state index contributed by atoms with van der Waals surface area (Å²) >= 11 is 0. The first-order valence-electron chi connectivity index (χ1n) is 10.7. The van der Waals surface area contributed by atoms with Crippen LogP contribution in [0.3, 0.4) is 0 Å². The van der Waals surface area contributed by atoms with E-state index >= 15 is 0 Å². The second kappa shape index (κ2) is 10.3. The molecule has 0 bridgehead atoms. The predicted molar refractivity (Wildman–Crippen MR) is 115 cm³/mol. The van der Waals surface area contributed by atoms with Crippen molar-refractivity contribution in [2.75, 3.05) is 31.7 Å². The number of ether oxygens (including phenoxy) is 1. The first-order chi connectivity index (χ1) is 16.0. The summed E-state index contributed by atoms with van der Waals surface area (Å²) in [6, 6.07) is 2.14. The summed E-state index contributed by atoms with van der Waals surface area (Å²) < 4.78 is 51.1. The number of halogens is 3. The SMILES string of the molecule is Cc1ncc(-c2nc(Nc3cc(F)c(CNCCO)cc3F)ncc2F)n1C1CCOCC1. The van der Waals surface area contributed by atoms with Crippen LogP contribution in [0.15, 0.2) is 24.5 Å². The number of aliphatic hydroxyl groups is 1. The number of nitrogens with zero attached hydrogens (tertiary/aromatic N) is 4. The molecular formula is C22H25F3N6O2. The third kappa shape index (κ3) is 5.15. The number of hydrogen-bond donors (Lipinski definition) is 3. The van der Waals surface area contributed by atoms with Gasteiger partial charge in [-0.25, -0.2) is 28.1 Å². The second-order valence-electron chi connectivity index (χ2n) is 7.74. The molecule has 0 saturated carbocycles. The highest BCUT2D eigenvalue weighted by atomic mass is 19.1. The first kappa shape index (κ1) is 23.1. The molecule has 33 heavy (non-hydrogen) atoms. The van der Waals surface area contributed by atoms with Crippen LogP contribution in [0.5, 0.6) is 0 Å². The lowest BCUT2D eigenvalue weighted by Gasteiger charge is -2.26. The summed E-state index contributed by atoms with van der Waals surface area (Å²) in [4.78, 5) is 12.5. The zero-order valence-electron chi connectivity index (χ0n) is 18.1. The van der Waals surface area contributed by atoms with E-state index in [4.69, 9.17) is 9.84 Å². The van der Waals surface area contributed by atoms with Crippen molar-refractivity contribution in [3.8, 4) is 11.4 Å². The Morgan fingerprint density at radius 2 is 1.88 bits per heavy atom. The molecule has 0 unspecified atom stereocenters. The molecule has 3 N–H and O–H groups in total. The van der Waals surface area contributed by atoms with E-state index in [-0.39, 0.29) is 48.6 Å². The van der Waals surface area contributed by atoms with E-state index in [9.17, 15) is 13.2 Å². The standard InChI is InChI=1S/C22H25F3N6O2/c1-13-27-12-20(31(13)15-2-6-33-7-3-15)21-18(25)11-28-22(30-21)29-19-9-16(23)14(8-17(19)24)10-26-4-5-32/h8-9,11-12,15,26,32H,2-7,10H2,1H3,(H,28,29,30). The van der Waals surface area contributed by atoms with Crippen LogP contribution in [-0.4, -0.2) is 51.0 Å². The van der Waals surface area contributed by atoms with Gasteiger partial charge in [0.2, 0.25) is 5.95 Å². The number of rotatable bonds is 8. The zero-order chi connectivity index (χ0) is 23.4. The molecular weight excluding hydrogens is 437 g/mol. The highest BCUT2D eigenvalue weighted by molar-refractivity contribution is 5.60. The molecule has 3 heterocycles. The number of aliphatic hydroxyl groups excluding tert-OH is 1. The van der Waals surface area contributed by atoms with E-state index < -0.39 is 17.5 Å². The van der Waals surface area contributed by atoms with Crippen LogP contribution < -0.4 is 10.6 Å². The molecule has 1 saturated heterocycles. The minimum absolute atomic E-state index is 0.0188. The first-order valence-corrected chi connectivity index (χ1v) is 10.7. The van der Waals surface area contributed by atoms with Crippen molar-refractivity contribution in [2.24, 2.45) is 0 Å². The Morgan fingerprint density at radius 1 is 1.09 bits per heavy atom. The second-order valence-corrected chi connectivity index (χ2v) is 7.74. The maximum atomic E-state index is 14.7. The molecule has 0 radical (unpaired) electrons. The Bertz CT molecular complexity index is 1120. The molecule has 0 spiro atoms. The van der Waals surface area contributed by atoms with E-state index in [1.807, 2.05) is 11.5 Å². The largest absolute Gasteiger partial charge is 0.395 e. The van der Waals surface area contributed by atoms with Gasteiger partial charge in [-0.05, 0) is 25.8 Å². The Morgan fingerprint density at radius 3 is 2.64 bits per heavy atom. The highest BCUT2D eigenvalue weighted by Crippen LogP contribution is 2.31. The molecule has 1 fully saturated rings. The zero-order valence-corrected chi connectivity index (χ0v) is 18.1. The van der Waals surface area contributed by atoms with Gasteiger partial charge >= 0.3 is 0 Å². The molecule has 0 amide bonds. The fourth-order valence-electron chi connectivity index (χ4n) is 3.88. The summed E-state index contributed by atoms with van der Waals surface area (Å²) in [5, 5.41) is 14.2. The van der Waals surface area contributed by atoms with Crippen molar-refractivity contribution in [2.45, 2.75) is 32.4 Å². The van der Waals surface area contributed by atoms with Gasteiger partial charge in [-0.2, -0.15) is 0 Å². The predicted octanol–water partition coefficient (Wildman–Crippen LogP) is 3.24. The van der Waals surface area contributed by atoms with Gasteiger partial charge in [-0.3, -0.25) is 0 Å². The van der Waals surface area contributed by atoms with Gasteiger partial charge in [-0.1, -0.05) is 0 Å². The van der Waals surface area contributed by atoms with Gasteiger partial charge in [0.05, 0.1) is 30.4 Å². The van der Waals surface area contributed by atoms with Crippen LogP contribution in [0.25, 0.3) is 11.4 Å². The topological polar surface area (TPSA) is 97.1 Å². The van der Waals surface area contributed by atoms with E-state index in [0.29, 0.717) is 18.9 Å². The van der Waals surface area contributed by atoms with Crippen LogP contribution in [0.4, 0.5) is 24.8 Å². The van der Waals surface area contributed by atoms with Gasteiger partial charge < -0.3 is 25.0 Å². The van der Waals surface area contributed by atoms with Gasteiger partial charge in [0, 0.05) is 44.0 Å². The van der Waals surface area contributed by atoms with Crippen LogP contribution in [0.1, 0.15) is 30.3 Å². The molecule has 1 aliphatic heterocycles. The Kier molecular flexibility index (Phi) is 7.21. The number of anilines is 2. The molecule has 1 aliphatic rings. The molecule has 176 valence electrons. The van der Waals surface area contributed by atoms with Crippen molar-refractivity contribution in [3.63, 3.8) is 0 Å². The lowest BCUT2D eigenvalue weighted by molar-refractivity contribution is 0.0694. The lowest BCUT2D eigenvalue weighted by Crippen LogP contribution is -2.21. The molecule has 1 aromatic carbocycles. The summed E-state index contributed by atoms with van der Waals surface area (Å²) in [5.41, 5.74) is 0.442. The number of imidazole rings is 1. The molecule has 0 aliphatic carbocycles. The minimum atomic E-state index is -0.713. The molecule has 2 aromatic heterocycles. The van der Waals surface area contributed by atoms with Crippen LogP contribution in [0.2, 0.25) is 0 Å². The number of benzene rings is 1. The van der Waals surface area contributed by atoms with Gasteiger partial charge in [0.1, 0.15) is 23.2 Å². The lowest BCUT2D eigenvalue weighted by atomic mass is 10.1. The minimum Gasteiger partial charge on any atom is -0.395 e. The van der Waals surface area contributed by atoms with Crippen LogP contribution >= 0.6 is 0 Å². The van der Waals surface area contributed by atoms with Crippen molar-refractivity contribution < 1.29 is 23.0 Å². The van der Waals surface area contributed by atoms with Gasteiger partial charge in [0.25, 0.3) is 0 Å². The number of aryl methyl sites for hydroxylation is 1. The number of nitrogens with one attached hydrogen (secondary N) is 2. The van der Waals surface area contributed by atoms with E-state index in [2.05, 4.69) is 25.6 Å². The maximum absolute atomic E-state index is 14.7. The Balaban J connectivity index is 1.61. The fraction of sp³-hybridized carbons (Fsp3) is 0.409. The summed E-state index contributed by atoms with van der Waals surface area (Å²) in [5.74, 6) is -1.35. The van der Waals surface area contributed by atoms with E-state index in [1.165, 1.54) is 0 Å². The molecule has 4 rings (SSSR count). The third-order valence-corrected chi connectivity index (χ3v) is 5.51. The number of aromatic nitrogens is 4. The smallest absolute Gasteiger partial charge is 0.228 e. The summed E-state index contributed by atoms with van der Waals surface area (Å²) in [6.07, 6.45) is 4.08. The summed E-state index contributed by atoms with van der Waals surface area (Å²) in [7, 11) is 0. The third-order valence-electron chi connectivity index (χ3n) is 5.51. The Labute approximate surface area is 188 Å². The number of hydrogen-bond acceptors (Lipinski definition) is 7.